The van der Waals surface area contributed by atoms with Crippen molar-refractivity contribution in [2.75, 3.05) is 0 Å². The van der Waals surface area contributed by atoms with Gasteiger partial charge in [0, 0.05) is 49.2 Å². The third-order valence-corrected chi connectivity index (χ3v) is 14.8. The average molecular weight is 889 g/mol. The molecule has 0 atom stereocenters. The van der Waals surface area contributed by atoms with Gasteiger partial charge in [-0.05, 0) is 112 Å². The summed E-state index contributed by atoms with van der Waals surface area (Å²) in [4.78, 5) is 0. The van der Waals surface area contributed by atoms with Gasteiger partial charge in [-0.2, -0.15) is 0 Å². The normalized spacial score (nSPS) is 12.0. The van der Waals surface area contributed by atoms with E-state index in [1.807, 2.05) is 0 Å². The van der Waals surface area contributed by atoms with E-state index in [4.69, 9.17) is 8.83 Å². The standard InChI is InChI=1S/C68H40O2/c1-3-20-41(21-4-1)43-24-19-25-44(38-43)61-48-28-9-13-32-52(48)64(53-33-14-10-29-49(53)61)57-40-45-39-56(63-50-30-11-7-26-46(50)60(42-22-5-2-6-23-42)47-27-8-12-31-51(47)63)67-65(54-34-15-17-36-58(54)69-67)62(45)66-55-35-16-18-37-59(55)70-68(57)66/h1-40H. The Morgan fingerprint density at radius 1 is 0.214 bits per heavy atom. The van der Waals surface area contributed by atoms with Crippen LogP contribution in [0.3, 0.4) is 0 Å². The van der Waals surface area contributed by atoms with Crippen LogP contribution in [0.15, 0.2) is 251 Å². The molecule has 0 spiro atoms. The number of furan rings is 2. The fourth-order valence-corrected chi connectivity index (χ4v) is 11.9. The molecule has 0 bridgehead atoms. The Morgan fingerprint density at radius 3 is 0.986 bits per heavy atom. The van der Waals surface area contributed by atoms with Crippen LogP contribution in [-0.2, 0) is 0 Å². The van der Waals surface area contributed by atoms with E-state index in [9.17, 15) is 0 Å². The molecule has 0 amide bonds. The summed E-state index contributed by atoms with van der Waals surface area (Å²) < 4.78 is 14.4. The van der Waals surface area contributed by atoms with Crippen LogP contribution in [0.25, 0.3) is 153 Å². The van der Waals surface area contributed by atoms with E-state index in [0.717, 1.165) is 76.9 Å². The maximum atomic E-state index is 7.22. The van der Waals surface area contributed by atoms with Crippen LogP contribution in [0.5, 0.6) is 0 Å². The molecule has 15 aromatic rings. The lowest BCUT2D eigenvalue weighted by atomic mass is 9.83. The molecule has 0 aliphatic rings. The summed E-state index contributed by atoms with van der Waals surface area (Å²) in [5.41, 5.74) is 15.1. The maximum absolute atomic E-state index is 7.22. The monoisotopic (exact) mass is 888 g/mol. The van der Waals surface area contributed by atoms with E-state index < -0.39 is 0 Å². The van der Waals surface area contributed by atoms with Crippen molar-refractivity contribution < 1.29 is 8.83 Å². The molecule has 0 saturated carbocycles. The van der Waals surface area contributed by atoms with E-state index in [0.29, 0.717) is 0 Å². The first kappa shape index (κ1) is 38.8. The summed E-state index contributed by atoms with van der Waals surface area (Å²) in [6, 6.07) is 88.1. The zero-order chi connectivity index (χ0) is 45.9. The summed E-state index contributed by atoms with van der Waals surface area (Å²) in [5, 5.41) is 16.1. The van der Waals surface area contributed by atoms with Crippen molar-refractivity contribution in [3.05, 3.63) is 243 Å². The Labute approximate surface area is 402 Å². The van der Waals surface area contributed by atoms with Gasteiger partial charge in [0.15, 0.2) is 0 Å². The molecule has 0 aliphatic carbocycles. The Balaban J connectivity index is 1.11. The zero-order valence-corrected chi connectivity index (χ0v) is 37.9. The summed E-state index contributed by atoms with van der Waals surface area (Å²) in [6.07, 6.45) is 0. The molecule has 0 N–H and O–H groups in total. The van der Waals surface area contributed by atoms with Crippen molar-refractivity contribution in [1.29, 1.82) is 0 Å². The summed E-state index contributed by atoms with van der Waals surface area (Å²) >= 11 is 0. The van der Waals surface area contributed by atoms with Gasteiger partial charge < -0.3 is 8.83 Å². The number of benzene rings is 13. The molecule has 0 unspecified atom stereocenters. The Kier molecular flexibility index (Phi) is 8.39. The first-order valence-electron chi connectivity index (χ1n) is 24.1. The van der Waals surface area contributed by atoms with Crippen LogP contribution in [-0.4, -0.2) is 0 Å². The van der Waals surface area contributed by atoms with Crippen molar-refractivity contribution in [2.45, 2.75) is 0 Å². The molecule has 0 aliphatic heterocycles. The van der Waals surface area contributed by atoms with Crippen LogP contribution < -0.4 is 0 Å². The van der Waals surface area contributed by atoms with E-state index in [2.05, 4.69) is 243 Å². The second-order valence-corrected chi connectivity index (χ2v) is 18.5. The topological polar surface area (TPSA) is 26.3 Å². The van der Waals surface area contributed by atoms with E-state index in [1.165, 1.54) is 76.5 Å². The second-order valence-electron chi connectivity index (χ2n) is 18.5. The minimum absolute atomic E-state index is 0.854. The Hall–Kier alpha value is -9.24. The van der Waals surface area contributed by atoms with Crippen LogP contribution >= 0.6 is 0 Å². The molecular weight excluding hydrogens is 849 g/mol. The lowest BCUT2D eigenvalue weighted by Gasteiger charge is -2.20. The van der Waals surface area contributed by atoms with Gasteiger partial charge in [-0.1, -0.05) is 212 Å². The van der Waals surface area contributed by atoms with Crippen molar-refractivity contribution >= 4 is 97.7 Å². The van der Waals surface area contributed by atoms with Crippen molar-refractivity contribution in [1.82, 2.24) is 0 Å². The SMILES string of the molecule is c1ccc(-c2cccc(-c3c4ccccc4c(-c4cc5cc(-c6c7ccccc7c(-c7ccccc7)c7ccccc67)c6oc7ccccc7c6c5c5c4oc4ccccc45)c4ccccc34)c2)cc1. The van der Waals surface area contributed by atoms with E-state index in [-0.39, 0.29) is 0 Å². The lowest BCUT2D eigenvalue weighted by Crippen LogP contribution is -1.93. The smallest absolute Gasteiger partial charge is 0.143 e. The molecular formula is C68H40O2. The summed E-state index contributed by atoms with van der Waals surface area (Å²) in [7, 11) is 0. The molecule has 70 heavy (non-hydrogen) atoms. The van der Waals surface area contributed by atoms with Crippen molar-refractivity contribution in [2.24, 2.45) is 0 Å². The molecule has 324 valence electrons. The highest BCUT2D eigenvalue weighted by Crippen LogP contribution is 2.53. The average Bonchev–Trinajstić information content (AvgIpc) is 4.02. The molecule has 2 heteroatoms. The number of hydrogen-bond acceptors (Lipinski definition) is 2. The summed E-state index contributed by atoms with van der Waals surface area (Å²) in [6.45, 7) is 0. The van der Waals surface area contributed by atoms with Crippen LogP contribution in [0.2, 0.25) is 0 Å². The quantitative estimate of drug-likeness (QED) is 0.161. The second kappa shape index (κ2) is 15.1. The number of fused-ring (bicyclic) bond motifs is 13. The van der Waals surface area contributed by atoms with Gasteiger partial charge >= 0.3 is 0 Å². The maximum Gasteiger partial charge on any atom is 0.143 e. The van der Waals surface area contributed by atoms with Gasteiger partial charge in [-0.3, -0.25) is 0 Å². The van der Waals surface area contributed by atoms with Crippen molar-refractivity contribution in [3.8, 4) is 55.6 Å². The first-order chi connectivity index (χ1) is 34.8. The van der Waals surface area contributed by atoms with Gasteiger partial charge in [0.25, 0.3) is 0 Å². The molecule has 13 aromatic carbocycles. The first-order valence-corrected chi connectivity index (χ1v) is 24.1. The minimum atomic E-state index is 0.854. The fourth-order valence-electron chi connectivity index (χ4n) is 11.9. The molecule has 0 saturated heterocycles. The van der Waals surface area contributed by atoms with Crippen molar-refractivity contribution in [3.63, 3.8) is 0 Å². The third kappa shape index (κ3) is 5.62. The highest BCUT2D eigenvalue weighted by Gasteiger charge is 2.27. The number of rotatable bonds is 5. The highest BCUT2D eigenvalue weighted by molar-refractivity contribution is 6.37. The van der Waals surface area contributed by atoms with Crippen LogP contribution in [0.4, 0.5) is 0 Å². The highest BCUT2D eigenvalue weighted by atomic mass is 16.3. The van der Waals surface area contributed by atoms with Gasteiger partial charge in [-0.25, -0.2) is 0 Å². The predicted octanol–water partition coefficient (Wildman–Crippen LogP) is 19.6. The zero-order valence-electron chi connectivity index (χ0n) is 37.9. The number of para-hydroxylation sites is 2. The minimum Gasteiger partial charge on any atom is -0.455 e. The van der Waals surface area contributed by atoms with Gasteiger partial charge in [0.05, 0.1) is 0 Å². The summed E-state index contributed by atoms with van der Waals surface area (Å²) in [5.74, 6) is 0. The molecule has 15 rings (SSSR count). The molecule has 0 radical (unpaired) electrons. The predicted molar refractivity (Wildman–Crippen MR) is 296 cm³/mol. The molecule has 2 aromatic heterocycles. The molecule has 2 nitrogen and oxygen atoms in total. The van der Waals surface area contributed by atoms with Crippen LogP contribution in [0.1, 0.15) is 0 Å². The Bertz CT molecular complexity index is 4520. The lowest BCUT2D eigenvalue weighted by molar-refractivity contribution is 0.670. The fraction of sp³-hybridized carbons (Fsp3) is 0. The van der Waals surface area contributed by atoms with Crippen LogP contribution in [0, 0.1) is 0 Å². The number of hydrogen-bond donors (Lipinski definition) is 0. The third-order valence-electron chi connectivity index (χ3n) is 14.8. The van der Waals surface area contributed by atoms with Gasteiger partial charge in [0.2, 0.25) is 0 Å². The van der Waals surface area contributed by atoms with Gasteiger partial charge in [-0.15, -0.1) is 0 Å². The van der Waals surface area contributed by atoms with E-state index in [1.54, 1.807) is 0 Å². The van der Waals surface area contributed by atoms with Gasteiger partial charge in [0.1, 0.15) is 22.3 Å². The molecule has 0 fully saturated rings. The molecule has 2 heterocycles. The Morgan fingerprint density at radius 2 is 0.543 bits per heavy atom. The van der Waals surface area contributed by atoms with E-state index >= 15 is 0 Å². The largest absolute Gasteiger partial charge is 0.455 e.